The molecule has 0 saturated carbocycles. The van der Waals surface area contributed by atoms with Crippen LogP contribution in [0.25, 0.3) is 0 Å². The van der Waals surface area contributed by atoms with Crippen molar-refractivity contribution in [1.82, 2.24) is 5.32 Å². The van der Waals surface area contributed by atoms with Gasteiger partial charge in [0.2, 0.25) is 5.91 Å². The lowest BCUT2D eigenvalue weighted by Gasteiger charge is -2.25. The van der Waals surface area contributed by atoms with Gasteiger partial charge in [-0.3, -0.25) is 4.79 Å². The zero-order valence-electron chi connectivity index (χ0n) is 11.3. The number of nitrogens with one attached hydrogen (secondary N) is 1. The molecule has 0 rings (SSSR count). The van der Waals surface area contributed by atoms with Crippen LogP contribution in [-0.4, -0.2) is 19.0 Å². The molecule has 0 fully saturated rings. The highest BCUT2D eigenvalue weighted by Gasteiger charge is 2.19. The van der Waals surface area contributed by atoms with Gasteiger partial charge in [-0.05, 0) is 31.2 Å². The molecule has 0 aromatic carbocycles. The Hall–Kier alpha value is -0.570. The Morgan fingerprint density at radius 1 is 1.44 bits per heavy atom. The molecule has 0 saturated heterocycles. The van der Waals surface area contributed by atoms with Gasteiger partial charge in [-0.1, -0.05) is 34.1 Å². The van der Waals surface area contributed by atoms with E-state index in [0.29, 0.717) is 0 Å². The summed E-state index contributed by atoms with van der Waals surface area (Å²) in [6, 6.07) is 0. The van der Waals surface area contributed by atoms with Crippen LogP contribution in [-0.2, 0) is 4.79 Å². The van der Waals surface area contributed by atoms with Crippen LogP contribution in [0.15, 0.2) is 0 Å². The molecule has 0 heterocycles. The second-order valence-corrected chi connectivity index (χ2v) is 5.46. The van der Waals surface area contributed by atoms with Crippen LogP contribution in [0.5, 0.6) is 0 Å². The molecule has 0 aliphatic heterocycles. The number of hydrogen-bond acceptors (Lipinski definition) is 2. The number of rotatable bonds is 8. The van der Waals surface area contributed by atoms with Crippen LogP contribution in [0.2, 0.25) is 0 Å². The molecule has 0 bridgehead atoms. The van der Waals surface area contributed by atoms with Gasteiger partial charge in [0.05, 0.1) is 0 Å². The number of amides is 1. The quantitative estimate of drug-likeness (QED) is 0.670. The molecular formula is C13H28N2O. The number of nitrogens with two attached hydrogens (primary N) is 1. The van der Waals surface area contributed by atoms with Gasteiger partial charge in [-0.25, -0.2) is 0 Å². The molecule has 0 aromatic rings. The van der Waals surface area contributed by atoms with Crippen molar-refractivity contribution in [1.29, 1.82) is 0 Å². The Bertz CT molecular complexity index is 202. The lowest BCUT2D eigenvalue weighted by atomic mass is 9.87. The molecule has 3 heteroatoms. The third-order valence-electron chi connectivity index (χ3n) is 2.97. The third kappa shape index (κ3) is 6.83. The lowest BCUT2D eigenvalue weighted by Crippen LogP contribution is -2.37. The van der Waals surface area contributed by atoms with E-state index in [9.17, 15) is 4.79 Å². The highest BCUT2D eigenvalue weighted by Crippen LogP contribution is 2.20. The first-order valence-corrected chi connectivity index (χ1v) is 6.40. The Kier molecular flexibility index (Phi) is 7.39. The molecule has 1 amide bonds. The smallest absolute Gasteiger partial charge is 0.222 e. The number of hydrogen-bond donors (Lipinski definition) is 2. The first-order chi connectivity index (χ1) is 7.43. The van der Waals surface area contributed by atoms with Gasteiger partial charge in [0.1, 0.15) is 0 Å². The number of carbonyl (C=O) groups excluding carboxylic acids is 1. The van der Waals surface area contributed by atoms with Crippen molar-refractivity contribution in [2.75, 3.05) is 13.1 Å². The highest BCUT2D eigenvalue weighted by molar-refractivity contribution is 5.78. The van der Waals surface area contributed by atoms with Crippen molar-refractivity contribution >= 4 is 5.91 Å². The normalized spacial score (nSPS) is 13.6. The highest BCUT2D eigenvalue weighted by atomic mass is 16.1. The number of carbonyl (C=O) groups is 1. The molecule has 0 aliphatic rings. The summed E-state index contributed by atoms with van der Waals surface area (Å²) in [5, 5.41) is 3.04. The maximum Gasteiger partial charge on any atom is 0.222 e. The molecule has 0 aromatic heterocycles. The Labute approximate surface area is 100 Å². The summed E-state index contributed by atoms with van der Waals surface area (Å²) in [7, 11) is 0. The monoisotopic (exact) mass is 228 g/mol. The Morgan fingerprint density at radius 3 is 2.56 bits per heavy atom. The van der Waals surface area contributed by atoms with Gasteiger partial charge in [0.15, 0.2) is 0 Å². The molecule has 96 valence electrons. The van der Waals surface area contributed by atoms with E-state index in [1.807, 2.05) is 6.92 Å². The Morgan fingerprint density at radius 2 is 2.06 bits per heavy atom. The van der Waals surface area contributed by atoms with Crippen molar-refractivity contribution in [2.24, 2.45) is 17.1 Å². The van der Waals surface area contributed by atoms with E-state index >= 15 is 0 Å². The van der Waals surface area contributed by atoms with E-state index in [4.69, 9.17) is 5.73 Å². The van der Waals surface area contributed by atoms with Crippen LogP contribution < -0.4 is 11.1 Å². The van der Waals surface area contributed by atoms with Gasteiger partial charge in [-0.2, -0.15) is 0 Å². The average Bonchev–Trinajstić information content (AvgIpc) is 2.23. The second kappa shape index (κ2) is 7.66. The fourth-order valence-electron chi connectivity index (χ4n) is 1.73. The zero-order chi connectivity index (χ0) is 12.6. The van der Waals surface area contributed by atoms with Crippen LogP contribution in [0, 0.1) is 11.3 Å². The van der Waals surface area contributed by atoms with Crippen molar-refractivity contribution < 1.29 is 4.79 Å². The molecule has 3 N–H and O–H groups in total. The summed E-state index contributed by atoms with van der Waals surface area (Å²) in [5.41, 5.74) is 5.65. The SMILES string of the molecule is CCCC(C)C(=O)NCC(C)(C)CCCN. The summed E-state index contributed by atoms with van der Waals surface area (Å²) in [4.78, 5) is 11.7. The first-order valence-electron chi connectivity index (χ1n) is 6.40. The van der Waals surface area contributed by atoms with E-state index in [-0.39, 0.29) is 17.2 Å². The summed E-state index contributed by atoms with van der Waals surface area (Å²) in [6.45, 7) is 9.92. The fourth-order valence-corrected chi connectivity index (χ4v) is 1.73. The zero-order valence-corrected chi connectivity index (χ0v) is 11.3. The molecule has 0 aliphatic carbocycles. The van der Waals surface area contributed by atoms with Crippen molar-refractivity contribution in [3.05, 3.63) is 0 Å². The van der Waals surface area contributed by atoms with E-state index in [2.05, 4.69) is 26.1 Å². The van der Waals surface area contributed by atoms with Gasteiger partial charge in [-0.15, -0.1) is 0 Å². The predicted molar refractivity (Wildman–Crippen MR) is 69.2 cm³/mol. The summed E-state index contributed by atoms with van der Waals surface area (Å²) in [5.74, 6) is 0.318. The molecule has 1 atom stereocenters. The van der Waals surface area contributed by atoms with Crippen molar-refractivity contribution in [2.45, 2.75) is 53.4 Å². The van der Waals surface area contributed by atoms with E-state index in [1.165, 1.54) is 0 Å². The topological polar surface area (TPSA) is 55.1 Å². The second-order valence-electron chi connectivity index (χ2n) is 5.46. The molecular weight excluding hydrogens is 200 g/mol. The fraction of sp³-hybridized carbons (Fsp3) is 0.923. The lowest BCUT2D eigenvalue weighted by molar-refractivity contribution is -0.125. The van der Waals surface area contributed by atoms with Gasteiger partial charge >= 0.3 is 0 Å². The van der Waals surface area contributed by atoms with Crippen LogP contribution in [0.4, 0.5) is 0 Å². The minimum atomic E-state index is 0.135. The molecule has 0 spiro atoms. The standard InChI is InChI=1S/C13H28N2O/c1-5-7-11(2)12(16)15-10-13(3,4)8-6-9-14/h11H,5-10,14H2,1-4H3,(H,15,16). The van der Waals surface area contributed by atoms with Gasteiger partial charge in [0.25, 0.3) is 0 Å². The summed E-state index contributed by atoms with van der Waals surface area (Å²) in [6.07, 6.45) is 4.11. The van der Waals surface area contributed by atoms with Crippen molar-refractivity contribution in [3.63, 3.8) is 0 Å². The van der Waals surface area contributed by atoms with Crippen LogP contribution in [0.1, 0.15) is 53.4 Å². The van der Waals surface area contributed by atoms with Gasteiger partial charge in [0, 0.05) is 12.5 Å². The van der Waals surface area contributed by atoms with E-state index in [1.54, 1.807) is 0 Å². The summed E-state index contributed by atoms with van der Waals surface area (Å²) >= 11 is 0. The Balaban J connectivity index is 3.89. The maximum absolute atomic E-state index is 11.7. The molecule has 0 radical (unpaired) electrons. The maximum atomic E-state index is 11.7. The molecule has 16 heavy (non-hydrogen) atoms. The molecule has 3 nitrogen and oxygen atoms in total. The van der Waals surface area contributed by atoms with Crippen LogP contribution >= 0.6 is 0 Å². The minimum Gasteiger partial charge on any atom is -0.355 e. The first kappa shape index (κ1) is 15.4. The summed E-state index contributed by atoms with van der Waals surface area (Å²) < 4.78 is 0. The van der Waals surface area contributed by atoms with Gasteiger partial charge < -0.3 is 11.1 Å². The average molecular weight is 228 g/mol. The van der Waals surface area contributed by atoms with Crippen LogP contribution in [0.3, 0.4) is 0 Å². The minimum absolute atomic E-state index is 0.135. The predicted octanol–water partition coefficient (Wildman–Crippen LogP) is 2.30. The van der Waals surface area contributed by atoms with E-state index in [0.717, 1.165) is 38.8 Å². The third-order valence-corrected chi connectivity index (χ3v) is 2.97. The van der Waals surface area contributed by atoms with Crippen molar-refractivity contribution in [3.8, 4) is 0 Å². The van der Waals surface area contributed by atoms with E-state index < -0.39 is 0 Å². The largest absolute Gasteiger partial charge is 0.355 e. The molecule has 1 unspecified atom stereocenters.